The van der Waals surface area contributed by atoms with Crippen LogP contribution < -0.4 is 11.2 Å². The van der Waals surface area contributed by atoms with Gasteiger partial charge < -0.3 is 10.8 Å². The van der Waals surface area contributed by atoms with E-state index in [1.807, 2.05) is 0 Å². The van der Waals surface area contributed by atoms with E-state index in [9.17, 15) is 14.7 Å². The highest BCUT2D eigenvalue weighted by Crippen LogP contribution is 2.19. The lowest BCUT2D eigenvalue weighted by atomic mass is 10.1. The van der Waals surface area contributed by atoms with Crippen molar-refractivity contribution in [1.29, 1.82) is 0 Å². The van der Waals surface area contributed by atoms with Gasteiger partial charge in [0.1, 0.15) is 5.69 Å². The molecule has 4 N–H and O–H groups in total. The van der Waals surface area contributed by atoms with Crippen LogP contribution in [-0.2, 0) is 6.54 Å². The van der Waals surface area contributed by atoms with Crippen LogP contribution in [0.5, 0.6) is 0 Å². The minimum atomic E-state index is -1.10. The fraction of sp³-hybridized carbons (Fsp3) is 0.316. The number of aromatic nitrogens is 5. The number of piperidine rings is 1. The first-order valence-electron chi connectivity index (χ1n) is 9.95. The van der Waals surface area contributed by atoms with Crippen LogP contribution in [0.15, 0.2) is 34.0 Å². The van der Waals surface area contributed by atoms with Gasteiger partial charge >= 0.3 is 5.97 Å². The molecule has 0 bridgehead atoms. The number of carbonyl (C=O) groups is 2. The second-order valence-corrected chi connectivity index (χ2v) is 7.20. The summed E-state index contributed by atoms with van der Waals surface area (Å²) in [5, 5.41) is 28.6. The van der Waals surface area contributed by atoms with Crippen molar-refractivity contribution in [2.45, 2.75) is 25.8 Å². The molecule has 0 saturated carbocycles. The zero-order valence-electron chi connectivity index (χ0n) is 17.0. The molecule has 166 valence electrons. The molecule has 13 heteroatoms. The van der Waals surface area contributed by atoms with Crippen LogP contribution >= 0.6 is 0 Å². The Kier molecular flexibility index (Phi) is 6.17. The number of likely N-dealkylation sites (tertiary alicyclic amines) is 1. The van der Waals surface area contributed by atoms with Crippen molar-refractivity contribution in [2.24, 2.45) is 5.10 Å². The van der Waals surface area contributed by atoms with Gasteiger partial charge in [-0.2, -0.15) is 9.78 Å². The smallest absolute Gasteiger partial charge is 0.336 e. The maximum absolute atomic E-state index is 13.0. The summed E-state index contributed by atoms with van der Waals surface area (Å²) in [6.07, 6.45) is 4.57. The summed E-state index contributed by atoms with van der Waals surface area (Å²) >= 11 is 0. The molecule has 1 aromatic carbocycles. The van der Waals surface area contributed by atoms with Gasteiger partial charge in [0.25, 0.3) is 5.91 Å². The molecule has 3 heterocycles. The topological polar surface area (TPSA) is 178 Å². The number of hydrogen-bond donors (Lipinski definition) is 3. The Balaban J connectivity index is 1.60. The molecule has 0 spiro atoms. The fourth-order valence-corrected chi connectivity index (χ4v) is 3.48. The van der Waals surface area contributed by atoms with Gasteiger partial charge in [-0.05, 0) is 42.3 Å². The van der Waals surface area contributed by atoms with E-state index in [0.717, 1.165) is 30.6 Å². The molecule has 13 nitrogen and oxygen atoms in total. The maximum Gasteiger partial charge on any atom is 0.336 e. The summed E-state index contributed by atoms with van der Waals surface area (Å²) in [7, 11) is 0. The van der Waals surface area contributed by atoms with E-state index in [-0.39, 0.29) is 22.9 Å². The molecule has 4 rings (SSSR count). The number of carboxylic acids is 1. The van der Waals surface area contributed by atoms with Crippen LogP contribution in [-0.4, -0.2) is 66.5 Å². The molecule has 1 aliphatic heterocycles. The van der Waals surface area contributed by atoms with E-state index in [0.29, 0.717) is 17.8 Å². The number of nitrogens with one attached hydrogen (secondary N) is 1. The first-order valence-corrected chi connectivity index (χ1v) is 9.95. The molecule has 0 unspecified atom stereocenters. The molecule has 2 aromatic heterocycles. The maximum atomic E-state index is 13.0. The number of amides is 1. The number of nitrogens with zero attached hydrogens (tertiary/aromatic N) is 7. The average molecular weight is 439 g/mol. The van der Waals surface area contributed by atoms with Crippen molar-refractivity contribution >= 4 is 23.9 Å². The van der Waals surface area contributed by atoms with Gasteiger partial charge in [0.2, 0.25) is 11.6 Å². The molecular formula is C19H21N9O4. The van der Waals surface area contributed by atoms with Crippen LogP contribution in [0.4, 0.5) is 5.82 Å². The molecule has 3 aromatic rings. The van der Waals surface area contributed by atoms with Crippen molar-refractivity contribution in [1.82, 2.24) is 35.6 Å². The van der Waals surface area contributed by atoms with Gasteiger partial charge in [0.05, 0.1) is 11.8 Å². The molecule has 32 heavy (non-hydrogen) atoms. The molecule has 1 amide bonds. The Morgan fingerprint density at radius 1 is 1.22 bits per heavy atom. The zero-order chi connectivity index (χ0) is 22.5. The van der Waals surface area contributed by atoms with Gasteiger partial charge in [0.15, 0.2) is 5.69 Å². The van der Waals surface area contributed by atoms with Gasteiger partial charge in [-0.25, -0.2) is 14.8 Å². The Morgan fingerprint density at radius 2 is 2.00 bits per heavy atom. The number of nitrogen functional groups attached to an aromatic ring is 1. The molecule has 1 aliphatic rings. The third-order valence-electron chi connectivity index (χ3n) is 5.03. The number of nitrogens with two attached hydrogens (primary N) is 1. The summed E-state index contributed by atoms with van der Waals surface area (Å²) in [6, 6.07) is 6.30. The second-order valence-electron chi connectivity index (χ2n) is 7.20. The zero-order valence-corrected chi connectivity index (χ0v) is 17.0. The summed E-state index contributed by atoms with van der Waals surface area (Å²) in [6.45, 7) is 2.21. The first-order chi connectivity index (χ1) is 15.5. The number of carboxylic acid groups (broad SMARTS) is 1. The Morgan fingerprint density at radius 3 is 2.72 bits per heavy atom. The number of rotatable bonds is 7. The van der Waals surface area contributed by atoms with Crippen LogP contribution in [0.25, 0.3) is 5.82 Å². The number of benzene rings is 1. The highest BCUT2D eigenvalue weighted by molar-refractivity contribution is 5.99. The molecular weight excluding hydrogens is 418 g/mol. The Hall–Kier alpha value is -4.13. The van der Waals surface area contributed by atoms with Crippen LogP contribution in [0, 0.1) is 0 Å². The standard InChI is InChI=1S/C19H21N9O4/c20-16-17(25-32-24-16)28-15(14(22-26-28)11-27-8-4-1-5-9-27)18(29)23-21-10-12-6-2-3-7-13(12)19(30)31/h2-3,6-7,10H,1,4-5,8-9,11H2,(H2,20,24)(H,23,29)(H,30,31). The van der Waals surface area contributed by atoms with Crippen molar-refractivity contribution in [2.75, 3.05) is 18.8 Å². The molecule has 0 radical (unpaired) electrons. The minimum absolute atomic E-state index is 0.0350. The molecule has 0 aliphatic carbocycles. The van der Waals surface area contributed by atoms with E-state index < -0.39 is 11.9 Å². The van der Waals surface area contributed by atoms with Crippen molar-refractivity contribution in [3.8, 4) is 5.82 Å². The van der Waals surface area contributed by atoms with E-state index in [1.54, 1.807) is 18.2 Å². The molecule has 1 fully saturated rings. The SMILES string of the molecule is Nc1nonc1-n1nnc(CN2CCCCC2)c1C(=O)NN=Cc1ccccc1C(=O)O. The third kappa shape index (κ3) is 4.46. The number of hydrazone groups is 1. The second kappa shape index (κ2) is 9.34. The quantitative estimate of drug-likeness (QED) is 0.350. The lowest BCUT2D eigenvalue weighted by Crippen LogP contribution is -2.31. The normalized spacial score (nSPS) is 14.6. The van der Waals surface area contributed by atoms with Gasteiger partial charge in [-0.15, -0.1) is 5.10 Å². The lowest BCUT2D eigenvalue weighted by Gasteiger charge is -2.25. The molecule has 1 saturated heterocycles. The number of anilines is 1. The monoisotopic (exact) mass is 439 g/mol. The first kappa shape index (κ1) is 21.1. The number of aromatic carboxylic acids is 1. The average Bonchev–Trinajstić information content (AvgIpc) is 3.40. The van der Waals surface area contributed by atoms with E-state index in [1.165, 1.54) is 18.7 Å². The van der Waals surface area contributed by atoms with Crippen LogP contribution in [0.2, 0.25) is 0 Å². The highest BCUT2D eigenvalue weighted by atomic mass is 16.6. The van der Waals surface area contributed by atoms with Crippen LogP contribution in [0.3, 0.4) is 0 Å². The summed E-state index contributed by atoms with van der Waals surface area (Å²) in [5.74, 6) is -1.73. The van der Waals surface area contributed by atoms with Gasteiger partial charge in [0, 0.05) is 12.1 Å². The van der Waals surface area contributed by atoms with E-state index >= 15 is 0 Å². The Bertz CT molecular complexity index is 1150. The lowest BCUT2D eigenvalue weighted by molar-refractivity contribution is 0.0696. The van der Waals surface area contributed by atoms with Crippen molar-refractivity contribution < 1.29 is 19.3 Å². The van der Waals surface area contributed by atoms with E-state index in [4.69, 9.17) is 5.73 Å². The van der Waals surface area contributed by atoms with Crippen molar-refractivity contribution in [3.63, 3.8) is 0 Å². The predicted molar refractivity (Wildman–Crippen MR) is 111 cm³/mol. The Labute approximate surface area is 181 Å². The summed E-state index contributed by atoms with van der Waals surface area (Å²) in [4.78, 5) is 26.6. The van der Waals surface area contributed by atoms with Crippen molar-refractivity contribution in [3.05, 3.63) is 46.8 Å². The fourth-order valence-electron chi connectivity index (χ4n) is 3.48. The van der Waals surface area contributed by atoms with Crippen LogP contribution in [0.1, 0.15) is 51.4 Å². The summed E-state index contributed by atoms with van der Waals surface area (Å²) < 4.78 is 5.78. The van der Waals surface area contributed by atoms with Gasteiger partial charge in [-0.1, -0.05) is 29.8 Å². The summed E-state index contributed by atoms with van der Waals surface area (Å²) in [5.41, 5.74) is 9.08. The number of hydrogen-bond acceptors (Lipinski definition) is 10. The minimum Gasteiger partial charge on any atom is -0.478 e. The largest absolute Gasteiger partial charge is 0.478 e. The third-order valence-corrected chi connectivity index (χ3v) is 5.03. The van der Waals surface area contributed by atoms with Gasteiger partial charge in [-0.3, -0.25) is 9.69 Å². The van der Waals surface area contributed by atoms with E-state index in [2.05, 4.69) is 40.7 Å². The highest BCUT2D eigenvalue weighted by Gasteiger charge is 2.26. The number of carbonyl (C=O) groups excluding carboxylic acids is 1. The molecule has 0 atom stereocenters. The predicted octanol–water partition coefficient (Wildman–Crippen LogP) is 0.681.